The first-order valence-electron chi connectivity index (χ1n) is 7.10. The van der Waals surface area contributed by atoms with Crippen LogP contribution in [0.5, 0.6) is 11.5 Å². The molecule has 2 heterocycles. The van der Waals surface area contributed by atoms with Gasteiger partial charge in [0.15, 0.2) is 11.5 Å². The van der Waals surface area contributed by atoms with E-state index in [9.17, 15) is 0 Å². The van der Waals surface area contributed by atoms with Crippen molar-refractivity contribution in [1.29, 1.82) is 0 Å². The van der Waals surface area contributed by atoms with E-state index in [1.165, 1.54) is 17.5 Å². The summed E-state index contributed by atoms with van der Waals surface area (Å²) >= 11 is 0. The Kier molecular flexibility index (Phi) is 3.62. The molecular weight excluding hydrogens is 240 g/mol. The van der Waals surface area contributed by atoms with Gasteiger partial charge >= 0.3 is 0 Å². The van der Waals surface area contributed by atoms with Crippen molar-refractivity contribution in [1.82, 2.24) is 5.32 Å². The molecule has 0 radical (unpaired) electrons. The van der Waals surface area contributed by atoms with Crippen LogP contribution < -0.4 is 20.5 Å². The zero-order valence-corrected chi connectivity index (χ0v) is 11.4. The highest BCUT2D eigenvalue weighted by Gasteiger charge is 2.22. The molecule has 1 saturated heterocycles. The van der Waals surface area contributed by atoms with Gasteiger partial charge in [0.2, 0.25) is 0 Å². The Morgan fingerprint density at radius 3 is 2.74 bits per heavy atom. The van der Waals surface area contributed by atoms with Crippen LogP contribution in [0.4, 0.5) is 0 Å². The number of hydrogen-bond donors (Lipinski definition) is 2. The number of aryl methyl sites for hydroxylation is 1. The molecule has 0 aliphatic carbocycles. The van der Waals surface area contributed by atoms with Gasteiger partial charge in [0, 0.05) is 6.04 Å². The second-order valence-corrected chi connectivity index (χ2v) is 5.55. The van der Waals surface area contributed by atoms with Crippen LogP contribution in [-0.2, 0) is 0 Å². The largest absolute Gasteiger partial charge is 0.486 e. The van der Waals surface area contributed by atoms with Crippen molar-refractivity contribution in [3.05, 3.63) is 23.3 Å². The molecule has 0 bridgehead atoms. The molecule has 0 saturated carbocycles. The van der Waals surface area contributed by atoms with Crippen LogP contribution >= 0.6 is 0 Å². The minimum absolute atomic E-state index is 0.0840. The third kappa shape index (κ3) is 2.69. The monoisotopic (exact) mass is 262 g/mol. The molecule has 2 aliphatic heterocycles. The van der Waals surface area contributed by atoms with Gasteiger partial charge in [-0.15, -0.1) is 0 Å². The molecule has 4 heteroatoms. The fourth-order valence-electron chi connectivity index (χ4n) is 3.01. The van der Waals surface area contributed by atoms with E-state index in [0.717, 1.165) is 31.0 Å². The van der Waals surface area contributed by atoms with Crippen molar-refractivity contribution in [3.8, 4) is 11.5 Å². The van der Waals surface area contributed by atoms with Crippen LogP contribution in [0.15, 0.2) is 12.1 Å². The van der Waals surface area contributed by atoms with Crippen LogP contribution in [-0.4, -0.2) is 26.3 Å². The van der Waals surface area contributed by atoms with E-state index < -0.39 is 0 Å². The minimum atomic E-state index is 0.0840. The number of nitrogens with one attached hydrogen (secondary N) is 1. The molecule has 3 rings (SSSR count). The van der Waals surface area contributed by atoms with E-state index in [4.69, 9.17) is 15.2 Å². The number of fused-ring (bicyclic) bond motifs is 1. The smallest absolute Gasteiger partial charge is 0.161 e. The van der Waals surface area contributed by atoms with E-state index in [1.54, 1.807) is 0 Å². The fourth-order valence-corrected chi connectivity index (χ4v) is 3.01. The quantitative estimate of drug-likeness (QED) is 0.871. The van der Waals surface area contributed by atoms with Crippen molar-refractivity contribution in [3.63, 3.8) is 0 Å². The van der Waals surface area contributed by atoms with E-state index in [-0.39, 0.29) is 6.04 Å². The van der Waals surface area contributed by atoms with Crippen LogP contribution in [0.3, 0.4) is 0 Å². The molecule has 3 N–H and O–H groups in total. The number of ether oxygens (including phenoxy) is 2. The SMILES string of the molecule is Cc1cc2c(cc1C(N)CC1CCNC1)OCCO2. The Balaban J connectivity index is 1.78. The topological polar surface area (TPSA) is 56.5 Å². The van der Waals surface area contributed by atoms with Crippen molar-refractivity contribution < 1.29 is 9.47 Å². The normalized spacial score (nSPS) is 23.4. The summed E-state index contributed by atoms with van der Waals surface area (Å²) in [6.07, 6.45) is 2.27. The van der Waals surface area contributed by atoms with E-state index >= 15 is 0 Å². The molecule has 1 fully saturated rings. The lowest BCUT2D eigenvalue weighted by molar-refractivity contribution is 0.171. The first-order valence-corrected chi connectivity index (χ1v) is 7.10. The lowest BCUT2D eigenvalue weighted by atomic mass is 9.92. The number of nitrogens with two attached hydrogens (primary N) is 1. The molecular formula is C15H22N2O2. The van der Waals surface area contributed by atoms with Gasteiger partial charge in [0.05, 0.1) is 0 Å². The summed E-state index contributed by atoms with van der Waals surface area (Å²) in [6.45, 7) is 5.57. The Labute approximate surface area is 114 Å². The zero-order chi connectivity index (χ0) is 13.2. The third-order valence-electron chi connectivity index (χ3n) is 4.08. The van der Waals surface area contributed by atoms with Gasteiger partial charge in [0.25, 0.3) is 0 Å². The van der Waals surface area contributed by atoms with Crippen LogP contribution in [0.2, 0.25) is 0 Å². The predicted octanol–water partition coefficient (Wildman–Crippen LogP) is 1.77. The van der Waals surface area contributed by atoms with E-state index in [1.807, 2.05) is 0 Å². The molecule has 1 aromatic carbocycles. The summed E-state index contributed by atoms with van der Waals surface area (Å²) in [4.78, 5) is 0. The summed E-state index contributed by atoms with van der Waals surface area (Å²) in [5, 5.41) is 3.39. The number of benzene rings is 1. The first-order chi connectivity index (χ1) is 9.24. The second-order valence-electron chi connectivity index (χ2n) is 5.55. The zero-order valence-electron chi connectivity index (χ0n) is 11.4. The van der Waals surface area contributed by atoms with Crippen LogP contribution in [0.25, 0.3) is 0 Å². The highest BCUT2D eigenvalue weighted by Crippen LogP contribution is 2.36. The summed E-state index contributed by atoms with van der Waals surface area (Å²) < 4.78 is 11.2. The molecule has 4 nitrogen and oxygen atoms in total. The maximum absolute atomic E-state index is 6.38. The number of rotatable bonds is 3. The molecule has 19 heavy (non-hydrogen) atoms. The van der Waals surface area contributed by atoms with Gasteiger partial charge in [-0.2, -0.15) is 0 Å². The summed E-state index contributed by atoms with van der Waals surface area (Å²) in [5.41, 5.74) is 8.77. The number of hydrogen-bond acceptors (Lipinski definition) is 4. The lowest BCUT2D eigenvalue weighted by Gasteiger charge is -2.23. The summed E-state index contributed by atoms with van der Waals surface area (Å²) in [5.74, 6) is 2.39. The van der Waals surface area contributed by atoms with Crippen molar-refractivity contribution in [2.75, 3.05) is 26.3 Å². The lowest BCUT2D eigenvalue weighted by Crippen LogP contribution is -2.20. The van der Waals surface area contributed by atoms with Crippen LogP contribution in [0, 0.1) is 12.8 Å². The van der Waals surface area contributed by atoms with E-state index in [0.29, 0.717) is 19.1 Å². The maximum Gasteiger partial charge on any atom is 0.161 e. The molecule has 0 aromatic heterocycles. The fraction of sp³-hybridized carbons (Fsp3) is 0.600. The van der Waals surface area contributed by atoms with E-state index in [2.05, 4.69) is 24.4 Å². The Hall–Kier alpha value is -1.26. The second kappa shape index (κ2) is 5.39. The average Bonchev–Trinajstić information content (AvgIpc) is 2.90. The minimum Gasteiger partial charge on any atom is -0.486 e. The summed E-state index contributed by atoms with van der Waals surface area (Å²) in [7, 11) is 0. The average molecular weight is 262 g/mol. The first kappa shape index (κ1) is 12.8. The molecule has 104 valence electrons. The van der Waals surface area contributed by atoms with Crippen molar-refractivity contribution in [2.24, 2.45) is 11.7 Å². The van der Waals surface area contributed by atoms with Crippen molar-refractivity contribution in [2.45, 2.75) is 25.8 Å². The van der Waals surface area contributed by atoms with Gasteiger partial charge in [-0.1, -0.05) is 0 Å². The standard InChI is InChI=1S/C15H22N2O2/c1-10-6-14-15(19-5-4-18-14)8-12(10)13(16)7-11-2-3-17-9-11/h6,8,11,13,17H,2-5,7,9,16H2,1H3. The van der Waals surface area contributed by atoms with Crippen molar-refractivity contribution >= 4 is 0 Å². The van der Waals surface area contributed by atoms with Gasteiger partial charge in [-0.25, -0.2) is 0 Å². The van der Waals surface area contributed by atoms with Gasteiger partial charge in [-0.3, -0.25) is 0 Å². The predicted molar refractivity (Wildman–Crippen MR) is 74.7 cm³/mol. The third-order valence-corrected chi connectivity index (χ3v) is 4.08. The Bertz CT molecular complexity index is 456. The molecule has 2 unspecified atom stereocenters. The summed E-state index contributed by atoms with van der Waals surface area (Å²) in [6, 6.07) is 4.20. The Morgan fingerprint density at radius 2 is 2.05 bits per heavy atom. The molecule has 1 aromatic rings. The van der Waals surface area contributed by atoms with Gasteiger partial charge in [0.1, 0.15) is 13.2 Å². The van der Waals surface area contributed by atoms with Crippen LogP contribution in [0.1, 0.15) is 30.0 Å². The highest BCUT2D eigenvalue weighted by atomic mass is 16.6. The van der Waals surface area contributed by atoms with Gasteiger partial charge < -0.3 is 20.5 Å². The molecule has 2 atom stereocenters. The highest BCUT2D eigenvalue weighted by molar-refractivity contribution is 5.48. The Morgan fingerprint density at radius 1 is 1.32 bits per heavy atom. The molecule has 0 amide bonds. The molecule has 0 spiro atoms. The van der Waals surface area contributed by atoms with Gasteiger partial charge in [-0.05, 0) is 62.0 Å². The molecule has 2 aliphatic rings. The maximum atomic E-state index is 6.38.